The summed E-state index contributed by atoms with van der Waals surface area (Å²) in [4.78, 5) is 0. The Hall–Kier alpha value is -2.48. The first-order valence-corrected chi connectivity index (χ1v) is 10.1. The molecule has 0 saturated carbocycles. The van der Waals surface area contributed by atoms with Gasteiger partial charge in [0.1, 0.15) is 11.5 Å². The van der Waals surface area contributed by atoms with Gasteiger partial charge in [-0.25, -0.2) is 0 Å². The Morgan fingerprint density at radius 2 is 0.862 bits per heavy atom. The SMILES string of the molecule is O=S(=O)(Oc1ccc(Cc2ccc(OS(=O)(=O)C(F)(F)F)cc2)cc1)C(F)(F)F. The Bertz CT molecular complexity index is 969. The lowest BCUT2D eigenvalue weighted by atomic mass is 10.1. The van der Waals surface area contributed by atoms with E-state index < -0.39 is 42.8 Å². The predicted molar refractivity (Wildman–Crippen MR) is 86.9 cm³/mol. The van der Waals surface area contributed by atoms with Crippen LogP contribution in [0.4, 0.5) is 26.3 Å². The lowest BCUT2D eigenvalue weighted by Crippen LogP contribution is -2.28. The third-order valence-electron chi connectivity index (χ3n) is 3.23. The summed E-state index contributed by atoms with van der Waals surface area (Å²) in [5, 5.41) is 0. The zero-order valence-electron chi connectivity index (χ0n) is 13.9. The van der Waals surface area contributed by atoms with Crippen molar-refractivity contribution in [3.8, 4) is 11.5 Å². The van der Waals surface area contributed by atoms with Crippen LogP contribution in [-0.2, 0) is 26.7 Å². The highest BCUT2D eigenvalue weighted by Crippen LogP contribution is 2.28. The monoisotopic (exact) mass is 464 g/mol. The fourth-order valence-electron chi connectivity index (χ4n) is 1.91. The first kappa shape index (κ1) is 22.8. The van der Waals surface area contributed by atoms with Crippen LogP contribution in [0.2, 0.25) is 0 Å². The van der Waals surface area contributed by atoms with E-state index in [1.54, 1.807) is 0 Å². The molecule has 0 bridgehead atoms. The first-order chi connectivity index (χ1) is 13.1. The molecule has 0 radical (unpaired) electrons. The van der Waals surface area contributed by atoms with E-state index in [-0.39, 0.29) is 6.42 Å². The molecule has 0 amide bonds. The maximum Gasteiger partial charge on any atom is 0.534 e. The number of rotatable bonds is 6. The number of benzene rings is 2. The van der Waals surface area contributed by atoms with Crippen LogP contribution >= 0.6 is 0 Å². The third-order valence-corrected chi connectivity index (χ3v) is 5.19. The third kappa shape index (κ3) is 5.76. The smallest absolute Gasteiger partial charge is 0.376 e. The predicted octanol–water partition coefficient (Wildman–Crippen LogP) is 3.73. The van der Waals surface area contributed by atoms with E-state index in [1.165, 1.54) is 24.3 Å². The van der Waals surface area contributed by atoms with Crippen LogP contribution in [0.15, 0.2) is 48.5 Å². The lowest BCUT2D eigenvalue weighted by Gasteiger charge is -2.10. The van der Waals surface area contributed by atoms with Gasteiger partial charge >= 0.3 is 31.3 Å². The average molecular weight is 464 g/mol. The van der Waals surface area contributed by atoms with Gasteiger partial charge in [0.05, 0.1) is 0 Å². The molecule has 0 aromatic heterocycles. The molecular formula is C15H10F6O6S2. The summed E-state index contributed by atoms with van der Waals surface area (Å²) in [5.74, 6) is -1.13. The van der Waals surface area contributed by atoms with Gasteiger partial charge in [-0.2, -0.15) is 43.2 Å². The maximum atomic E-state index is 12.3. The van der Waals surface area contributed by atoms with Crippen molar-refractivity contribution in [2.45, 2.75) is 17.4 Å². The first-order valence-electron chi connectivity index (χ1n) is 7.30. The summed E-state index contributed by atoms with van der Waals surface area (Å²) in [6, 6.07) is 9.08. The van der Waals surface area contributed by atoms with E-state index in [2.05, 4.69) is 8.37 Å². The summed E-state index contributed by atoms with van der Waals surface area (Å²) >= 11 is 0. The van der Waals surface area contributed by atoms with Crippen LogP contribution in [0.3, 0.4) is 0 Å². The standard InChI is InChI=1S/C15H10F6O6S2/c16-14(17,18)28(22,23)26-12-5-1-10(2-6-12)9-11-3-7-13(8-4-11)27-29(24,25)15(19,20)21/h1-8H,9H2. The highest BCUT2D eigenvalue weighted by atomic mass is 32.2. The van der Waals surface area contributed by atoms with E-state index in [9.17, 15) is 43.2 Å². The Morgan fingerprint density at radius 3 is 1.10 bits per heavy atom. The van der Waals surface area contributed by atoms with Crippen molar-refractivity contribution in [3.63, 3.8) is 0 Å². The van der Waals surface area contributed by atoms with E-state index in [0.717, 1.165) is 24.3 Å². The van der Waals surface area contributed by atoms with Crippen LogP contribution in [0.25, 0.3) is 0 Å². The second kappa shape index (κ2) is 7.74. The molecule has 0 unspecified atom stereocenters. The van der Waals surface area contributed by atoms with Gasteiger partial charge in [0.15, 0.2) is 0 Å². The number of halogens is 6. The van der Waals surface area contributed by atoms with Crippen LogP contribution < -0.4 is 8.37 Å². The van der Waals surface area contributed by atoms with Gasteiger partial charge in [0, 0.05) is 0 Å². The normalized spacial score (nSPS) is 13.2. The van der Waals surface area contributed by atoms with Crippen molar-refractivity contribution in [1.29, 1.82) is 0 Å². The molecule has 14 heteroatoms. The maximum absolute atomic E-state index is 12.3. The van der Waals surface area contributed by atoms with Crippen molar-refractivity contribution in [1.82, 2.24) is 0 Å². The fourth-order valence-corrected chi connectivity index (χ4v) is 2.83. The Balaban J connectivity index is 2.06. The van der Waals surface area contributed by atoms with Gasteiger partial charge in [0.25, 0.3) is 0 Å². The van der Waals surface area contributed by atoms with Crippen LogP contribution in [0, 0.1) is 0 Å². The summed E-state index contributed by atoms with van der Waals surface area (Å²) in [6.07, 6.45) is 0.151. The molecule has 2 rings (SSSR count). The van der Waals surface area contributed by atoms with Crippen molar-refractivity contribution in [2.24, 2.45) is 0 Å². The van der Waals surface area contributed by atoms with E-state index in [4.69, 9.17) is 0 Å². The molecule has 0 aliphatic carbocycles. The van der Waals surface area contributed by atoms with Gasteiger partial charge in [-0.1, -0.05) is 24.3 Å². The number of alkyl halides is 6. The van der Waals surface area contributed by atoms with Crippen LogP contribution in [0.1, 0.15) is 11.1 Å². The van der Waals surface area contributed by atoms with Gasteiger partial charge in [-0.3, -0.25) is 0 Å². The largest absolute Gasteiger partial charge is 0.534 e. The van der Waals surface area contributed by atoms with Gasteiger partial charge < -0.3 is 8.37 Å². The zero-order valence-corrected chi connectivity index (χ0v) is 15.5. The van der Waals surface area contributed by atoms with E-state index in [1.807, 2.05) is 0 Å². The molecule has 29 heavy (non-hydrogen) atoms. The number of hydrogen-bond acceptors (Lipinski definition) is 6. The second-order valence-corrected chi connectivity index (χ2v) is 8.51. The van der Waals surface area contributed by atoms with Gasteiger partial charge in [0.2, 0.25) is 0 Å². The highest BCUT2D eigenvalue weighted by molar-refractivity contribution is 7.88. The van der Waals surface area contributed by atoms with E-state index in [0.29, 0.717) is 11.1 Å². The lowest BCUT2D eigenvalue weighted by molar-refractivity contribution is -0.0504. The van der Waals surface area contributed by atoms with Gasteiger partial charge in [-0.05, 0) is 41.8 Å². The summed E-state index contributed by atoms with van der Waals surface area (Å²) in [7, 11) is -11.6. The Labute approximate surface area is 160 Å². The molecule has 0 aliphatic heterocycles. The molecule has 0 spiro atoms. The second-order valence-electron chi connectivity index (χ2n) is 5.43. The quantitative estimate of drug-likeness (QED) is 0.368. The topological polar surface area (TPSA) is 86.7 Å². The zero-order chi connectivity index (χ0) is 22.1. The summed E-state index contributed by atoms with van der Waals surface area (Å²) in [6.45, 7) is 0. The molecule has 0 fully saturated rings. The minimum absolute atomic E-state index is 0.151. The molecule has 0 N–H and O–H groups in total. The Morgan fingerprint density at radius 1 is 0.586 bits per heavy atom. The molecule has 2 aromatic rings. The molecule has 0 heterocycles. The highest BCUT2D eigenvalue weighted by Gasteiger charge is 2.49. The molecule has 0 saturated heterocycles. The van der Waals surface area contributed by atoms with Crippen LogP contribution in [-0.4, -0.2) is 27.9 Å². The molecule has 2 aromatic carbocycles. The Kier molecular flexibility index (Phi) is 6.09. The van der Waals surface area contributed by atoms with Crippen molar-refractivity contribution >= 4 is 20.2 Å². The van der Waals surface area contributed by atoms with Crippen molar-refractivity contribution in [2.75, 3.05) is 0 Å². The molecule has 0 aliphatic rings. The van der Waals surface area contributed by atoms with Crippen molar-refractivity contribution in [3.05, 3.63) is 59.7 Å². The summed E-state index contributed by atoms with van der Waals surface area (Å²) in [5.41, 5.74) is -10.2. The molecule has 0 atom stereocenters. The molecule has 160 valence electrons. The summed E-state index contributed by atoms with van der Waals surface area (Å²) < 4.78 is 125. The van der Waals surface area contributed by atoms with Gasteiger partial charge in [-0.15, -0.1) is 0 Å². The van der Waals surface area contributed by atoms with Crippen LogP contribution in [0.5, 0.6) is 11.5 Å². The molecular weight excluding hydrogens is 454 g/mol. The minimum atomic E-state index is -5.80. The molecule has 6 nitrogen and oxygen atoms in total. The number of hydrogen-bond donors (Lipinski definition) is 0. The van der Waals surface area contributed by atoms with Crippen molar-refractivity contribution < 1.29 is 51.5 Å². The fraction of sp³-hybridized carbons (Fsp3) is 0.200. The minimum Gasteiger partial charge on any atom is -0.376 e. The average Bonchev–Trinajstić information content (AvgIpc) is 2.56. The van der Waals surface area contributed by atoms with E-state index >= 15 is 0 Å².